The van der Waals surface area contributed by atoms with Crippen molar-refractivity contribution in [1.82, 2.24) is 14.5 Å². The maximum atomic E-state index is 12.8. The zero-order valence-corrected chi connectivity index (χ0v) is 17.5. The van der Waals surface area contributed by atoms with Gasteiger partial charge in [0.2, 0.25) is 0 Å². The van der Waals surface area contributed by atoms with Crippen molar-refractivity contribution in [1.29, 1.82) is 0 Å². The molecule has 0 aliphatic carbocycles. The maximum absolute atomic E-state index is 12.8. The van der Waals surface area contributed by atoms with Crippen LogP contribution in [0.25, 0.3) is 11.0 Å². The third-order valence-electron chi connectivity index (χ3n) is 5.70. The molecule has 1 aromatic carbocycles. The van der Waals surface area contributed by atoms with Gasteiger partial charge in [-0.15, -0.1) is 0 Å². The number of rotatable bonds is 6. The SMILES string of the molecule is CC[C@@H](C)NC(=O)Nc1cc2c(cc1N1CCCCC1)n(CC)c(=O)n2CC. The van der Waals surface area contributed by atoms with E-state index in [-0.39, 0.29) is 17.8 Å². The zero-order valence-electron chi connectivity index (χ0n) is 17.5. The molecule has 1 saturated heterocycles. The molecule has 7 nitrogen and oxygen atoms in total. The number of aromatic nitrogens is 2. The monoisotopic (exact) mass is 387 g/mol. The summed E-state index contributed by atoms with van der Waals surface area (Å²) in [6.45, 7) is 11.2. The van der Waals surface area contributed by atoms with Crippen LogP contribution in [0.4, 0.5) is 16.2 Å². The van der Waals surface area contributed by atoms with Gasteiger partial charge in [-0.25, -0.2) is 9.59 Å². The van der Waals surface area contributed by atoms with Crippen LogP contribution in [0.1, 0.15) is 53.4 Å². The Kier molecular flexibility index (Phi) is 6.31. The number of carbonyl (C=O) groups excluding carboxylic acids is 1. The number of hydrogen-bond acceptors (Lipinski definition) is 3. The topological polar surface area (TPSA) is 71.3 Å². The van der Waals surface area contributed by atoms with Crippen LogP contribution in [0.5, 0.6) is 0 Å². The standard InChI is InChI=1S/C21H33N5O2/c1-5-15(4)22-20(27)23-16-13-18-19(26(7-3)21(28)25(18)6-2)14-17(16)24-11-9-8-10-12-24/h13-15H,5-12H2,1-4H3,(H2,22,23,27)/t15-/m1/s1. The van der Waals surface area contributed by atoms with Crippen molar-refractivity contribution in [3.8, 4) is 0 Å². The molecule has 154 valence electrons. The molecule has 28 heavy (non-hydrogen) atoms. The highest BCUT2D eigenvalue weighted by Crippen LogP contribution is 2.33. The third kappa shape index (κ3) is 3.88. The van der Waals surface area contributed by atoms with E-state index in [4.69, 9.17) is 0 Å². The summed E-state index contributed by atoms with van der Waals surface area (Å²) in [6.07, 6.45) is 4.41. The number of urea groups is 1. The van der Waals surface area contributed by atoms with Gasteiger partial charge in [-0.2, -0.15) is 0 Å². The lowest BCUT2D eigenvalue weighted by Crippen LogP contribution is -2.36. The third-order valence-corrected chi connectivity index (χ3v) is 5.70. The summed E-state index contributed by atoms with van der Waals surface area (Å²) in [5.41, 5.74) is 3.58. The van der Waals surface area contributed by atoms with Gasteiger partial charge in [-0.05, 0) is 58.6 Å². The molecule has 7 heteroatoms. The van der Waals surface area contributed by atoms with Crippen LogP contribution in [0.3, 0.4) is 0 Å². The van der Waals surface area contributed by atoms with E-state index in [0.29, 0.717) is 13.1 Å². The second-order valence-corrected chi connectivity index (χ2v) is 7.58. The predicted molar refractivity (Wildman–Crippen MR) is 116 cm³/mol. The van der Waals surface area contributed by atoms with E-state index in [1.54, 1.807) is 4.57 Å². The Morgan fingerprint density at radius 2 is 1.64 bits per heavy atom. The van der Waals surface area contributed by atoms with Crippen molar-refractivity contribution in [2.24, 2.45) is 0 Å². The normalized spacial score (nSPS) is 15.6. The van der Waals surface area contributed by atoms with Crippen LogP contribution in [-0.4, -0.2) is 34.3 Å². The fraction of sp³-hybridized carbons (Fsp3) is 0.619. The minimum absolute atomic E-state index is 0.00537. The number of imidazole rings is 1. The lowest BCUT2D eigenvalue weighted by atomic mass is 10.1. The van der Waals surface area contributed by atoms with E-state index >= 15 is 0 Å². The Balaban J connectivity index is 2.10. The molecule has 2 N–H and O–H groups in total. The van der Waals surface area contributed by atoms with E-state index in [2.05, 4.69) is 21.6 Å². The summed E-state index contributed by atoms with van der Waals surface area (Å²) < 4.78 is 3.59. The first-order valence-corrected chi connectivity index (χ1v) is 10.6. The number of carbonyl (C=O) groups is 1. The van der Waals surface area contributed by atoms with E-state index in [9.17, 15) is 9.59 Å². The van der Waals surface area contributed by atoms with E-state index in [1.165, 1.54) is 6.42 Å². The molecule has 1 fully saturated rings. The first-order chi connectivity index (χ1) is 13.5. The minimum Gasteiger partial charge on any atom is -0.370 e. The van der Waals surface area contributed by atoms with Gasteiger partial charge >= 0.3 is 11.7 Å². The van der Waals surface area contributed by atoms with Gasteiger partial charge in [0.25, 0.3) is 0 Å². The maximum Gasteiger partial charge on any atom is 0.329 e. The van der Waals surface area contributed by atoms with Gasteiger partial charge in [0, 0.05) is 32.2 Å². The van der Waals surface area contributed by atoms with Crippen LogP contribution in [-0.2, 0) is 13.1 Å². The van der Waals surface area contributed by atoms with Crippen LogP contribution in [0.2, 0.25) is 0 Å². The molecular formula is C21H33N5O2. The first kappa shape index (κ1) is 20.3. The van der Waals surface area contributed by atoms with Crippen LogP contribution in [0, 0.1) is 0 Å². The Labute approximate surface area is 166 Å². The number of amides is 2. The van der Waals surface area contributed by atoms with Crippen molar-refractivity contribution < 1.29 is 4.79 Å². The minimum atomic E-state index is -0.202. The average Bonchev–Trinajstić information content (AvgIpc) is 2.97. The van der Waals surface area contributed by atoms with Gasteiger partial charge < -0.3 is 15.5 Å². The second-order valence-electron chi connectivity index (χ2n) is 7.58. The summed E-state index contributed by atoms with van der Waals surface area (Å²) in [5.74, 6) is 0. The van der Waals surface area contributed by atoms with Gasteiger partial charge in [0.05, 0.1) is 22.4 Å². The quantitative estimate of drug-likeness (QED) is 0.793. The molecule has 3 rings (SSSR count). The highest BCUT2D eigenvalue weighted by Gasteiger charge is 2.21. The fourth-order valence-corrected chi connectivity index (χ4v) is 3.94. The molecule has 0 spiro atoms. The Morgan fingerprint density at radius 1 is 1.04 bits per heavy atom. The zero-order chi connectivity index (χ0) is 20.3. The largest absolute Gasteiger partial charge is 0.370 e. The molecule has 2 heterocycles. The van der Waals surface area contributed by atoms with Crippen molar-refractivity contribution in [3.05, 3.63) is 22.6 Å². The Morgan fingerprint density at radius 3 is 2.21 bits per heavy atom. The average molecular weight is 388 g/mol. The van der Waals surface area contributed by atoms with Crippen LogP contribution in [0.15, 0.2) is 16.9 Å². The van der Waals surface area contributed by atoms with Crippen molar-refractivity contribution >= 4 is 28.4 Å². The summed E-state index contributed by atoms with van der Waals surface area (Å²) in [5, 5.41) is 6.02. The van der Waals surface area contributed by atoms with Crippen LogP contribution >= 0.6 is 0 Å². The number of aryl methyl sites for hydroxylation is 2. The van der Waals surface area contributed by atoms with E-state index < -0.39 is 0 Å². The smallest absolute Gasteiger partial charge is 0.329 e. The highest BCUT2D eigenvalue weighted by molar-refractivity contribution is 5.98. The van der Waals surface area contributed by atoms with Crippen molar-refractivity contribution in [3.63, 3.8) is 0 Å². The number of hydrogen-bond donors (Lipinski definition) is 2. The number of anilines is 2. The summed E-state index contributed by atoms with van der Waals surface area (Å²) in [7, 11) is 0. The summed E-state index contributed by atoms with van der Waals surface area (Å²) in [4.78, 5) is 27.6. The van der Waals surface area contributed by atoms with Gasteiger partial charge in [-0.1, -0.05) is 6.92 Å². The number of fused-ring (bicyclic) bond motifs is 1. The predicted octanol–water partition coefficient (Wildman–Crippen LogP) is 3.75. The van der Waals surface area contributed by atoms with E-state index in [1.807, 2.05) is 38.3 Å². The van der Waals surface area contributed by atoms with Crippen LogP contribution < -0.4 is 21.2 Å². The lowest BCUT2D eigenvalue weighted by molar-refractivity contribution is 0.249. The molecule has 0 radical (unpaired) electrons. The number of benzene rings is 1. The Hall–Kier alpha value is -2.44. The number of nitrogens with one attached hydrogen (secondary N) is 2. The molecular weight excluding hydrogens is 354 g/mol. The lowest BCUT2D eigenvalue weighted by Gasteiger charge is -2.31. The molecule has 1 aliphatic heterocycles. The molecule has 0 saturated carbocycles. The highest BCUT2D eigenvalue weighted by atomic mass is 16.2. The fourth-order valence-electron chi connectivity index (χ4n) is 3.94. The van der Waals surface area contributed by atoms with Gasteiger partial charge in [0.1, 0.15) is 0 Å². The van der Waals surface area contributed by atoms with Crippen molar-refractivity contribution in [2.45, 2.75) is 72.5 Å². The van der Waals surface area contributed by atoms with E-state index in [0.717, 1.165) is 54.8 Å². The van der Waals surface area contributed by atoms with Gasteiger partial charge in [0.15, 0.2) is 0 Å². The van der Waals surface area contributed by atoms with Crippen molar-refractivity contribution in [2.75, 3.05) is 23.3 Å². The molecule has 0 bridgehead atoms. The first-order valence-electron chi connectivity index (χ1n) is 10.6. The molecule has 1 aliphatic rings. The number of nitrogens with zero attached hydrogens (tertiary/aromatic N) is 3. The molecule has 2 amide bonds. The Bertz CT molecular complexity index is 892. The summed E-state index contributed by atoms with van der Waals surface area (Å²) >= 11 is 0. The number of piperidine rings is 1. The second kappa shape index (κ2) is 8.71. The molecule has 1 aromatic heterocycles. The molecule has 2 aromatic rings. The summed E-state index contributed by atoms with van der Waals surface area (Å²) in [6, 6.07) is 3.95. The molecule has 1 atom stereocenters. The molecule has 0 unspecified atom stereocenters. The van der Waals surface area contributed by atoms with Gasteiger partial charge in [-0.3, -0.25) is 9.13 Å².